The first-order valence-electron chi connectivity index (χ1n) is 12.4. The molecule has 0 heterocycles. The summed E-state index contributed by atoms with van der Waals surface area (Å²) >= 11 is 0. The molecule has 37 heavy (non-hydrogen) atoms. The van der Waals surface area contributed by atoms with Gasteiger partial charge in [0.25, 0.3) is 0 Å². The molecule has 0 spiro atoms. The summed E-state index contributed by atoms with van der Waals surface area (Å²) in [4.78, 5) is 10.5. The number of hydrogen-bond acceptors (Lipinski definition) is 5. The Labute approximate surface area is 221 Å². The van der Waals surface area contributed by atoms with Crippen molar-refractivity contribution in [3.05, 3.63) is 107 Å². The topological polar surface area (TPSA) is 88.8 Å². The van der Waals surface area contributed by atoms with Crippen LogP contribution in [0.15, 0.2) is 90.7 Å². The SMILES string of the molecule is C/C=C(\C)OC(=N)c1ccc(CCc2ccccc2)cc1.CC.COc1ccc(OC(C)C(=O)O)cc1. The second kappa shape index (κ2) is 17.4. The predicted molar refractivity (Wildman–Crippen MR) is 150 cm³/mol. The van der Waals surface area contributed by atoms with E-state index < -0.39 is 12.1 Å². The number of carbonyl (C=O) groups is 1. The van der Waals surface area contributed by atoms with Gasteiger partial charge in [0.1, 0.15) is 11.5 Å². The highest BCUT2D eigenvalue weighted by atomic mass is 16.5. The molecule has 6 heteroatoms. The van der Waals surface area contributed by atoms with Crippen LogP contribution < -0.4 is 9.47 Å². The second-order valence-corrected chi connectivity index (χ2v) is 7.79. The molecule has 3 rings (SSSR count). The fraction of sp³-hybridized carbons (Fsp3) is 0.290. The zero-order valence-corrected chi connectivity index (χ0v) is 22.7. The molecule has 0 aliphatic rings. The Morgan fingerprint density at radius 3 is 1.89 bits per heavy atom. The first-order chi connectivity index (χ1) is 17.8. The van der Waals surface area contributed by atoms with Crippen molar-refractivity contribution in [2.24, 2.45) is 0 Å². The number of benzene rings is 3. The molecular weight excluding hydrogens is 466 g/mol. The van der Waals surface area contributed by atoms with Crippen molar-refractivity contribution in [2.75, 3.05) is 7.11 Å². The Balaban J connectivity index is 0.000000372. The van der Waals surface area contributed by atoms with Crippen LogP contribution in [0.5, 0.6) is 11.5 Å². The van der Waals surface area contributed by atoms with Gasteiger partial charge in [0, 0.05) is 5.56 Å². The van der Waals surface area contributed by atoms with Crippen LogP contribution >= 0.6 is 0 Å². The number of rotatable bonds is 9. The van der Waals surface area contributed by atoms with Crippen LogP contribution in [0.3, 0.4) is 0 Å². The van der Waals surface area contributed by atoms with Crippen LogP contribution in [0.4, 0.5) is 0 Å². The summed E-state index contributed by atoms with van der Waals surface area (Å²) in [5, 5.41) is 16.5. The van der Waals surface area contributed by atoms with Gasteiger partial charge in [-0.15, -0.1) is 0 Å². The van der Waals surface area contributed by atoms with Crippen molar-refractivity contribution >= 4 is 11.9 Å². The minimum atomic E-state index is -0.985. The van der Waals surface area contributed by atoms with Crippen molar-refractivity contribution in [3.8, 4) is 11.5 Å². The van der Waals surface area contributed by atoms with Gasteiger partial charge >= 0.3 is 5.97 Å². The molecule has 198 valence electrons. The summed E-state index contributed by atoms with van der Waals surface area (Å²) in [6.45, 7) is 9.23. The molecule has 0 aliphatic carbocycles. The Kier molecular flexibility index (Phi) is 14.6. The van der Waals surface area contributed by atoms with E-state index >= 15 is 0 Å². The molecule has 0 aromatic heterocycles. The standard InChI is InChI=1S/C19H21NO.C10H12O4.C2H6/c1-3-15(2)21-19(20)18-13-11-17(12-14-18)10-9-16-7-5-4-6-8-16;1-7(10(11)12)14-9-5-3-8(13-2)4-6-9;1-2/h3-8,11-14,20H,9-10H2,1-2H3;3-7H,1-2H3,(H,11,12);1-2H3/b15-3+,20-19?;;. The van der Waals surface area contributed by atoms with Crippen LogP contribution in [0.25, 0.3) is 0 Å². The molecule has 0 fully saturated rings. The van der Waals surface area contributed by atoms with Crippen LogP contribution in [0.2, 0.25) is 0 Å². The number of hydrogen-bond donors (Lipinski definition) is 2. The maximum Gasteiger partial charge on any atom is 0.344 e. The van der Waals surface area contributed by atoms with E-state index in [1.165, 1.54) is 18.1 Å². The first-order valence-corrected chi connectivity index (χ1v) is 12.4. The second-order valence-electron chi connectivity index (χ2n) is 7.79. The van der Waals surface area contributed by atoms with Gasteiger partial charge in [-0.1, -0.05) is 56.3 Å². The van der Waals surface area contributed by atoms with Gasteiger partial charge in [-0.3, -0.25) is 5.41 Å². The predicted octanol–water partition coefficient (Wildman–Crippen LogP) is 7.31. The molecule has 1 atom stereocenters. The lowest BCUT2D eigenvalue weighted by Gasteiger charge is -2.10. The summed E-state index contributed by atoms with van der Waals surface area (Å²) in [6.07, 6.45) is 3.05. The highest BCUT2D eigenvalue weighted by Crippen LogP contribution is 2.18. The molecular formula is C31H39NO5. The molecule has 1 unspecified atom stereocenters. The molecule has 0 bridgehead atoms. The molecule has 0 saturated carbocycles. The average molecular weight is 506 g/mol. The summed E-state index contributed by atoms with van der Waals surface area (Å²) in [7, 11) is 1.57. The fourth-order valence-corrected chi connectivity index (χ4v) is 2.94. The lowest BCUT2D eigenvalue weighted by Crippen LogP contribution is -2.22. The largest absolute Gasteiger partial charge is 0.497 e. The van der Waals surface area contributed by atoms with E-state index in [-0.39, 0.29) is 5.90 Å². The van der Waals surface area contributed by atoms with Gasteiger partial charge < -0.3 is 19.3 Å². The molecule has 0 amide bonds. The number of carboxylic acids is 1. The maximum absolute atomic E-state index is 10.5. The molecule has 2 N–H and O–H groups in total. The number of allylic oxidation sites excluding steroid dienone is 2. The maximum atomic E-state index is 10.5. The Bertz CT molecular complexity index is 1090. The van der Waals surface area contributed by atoms with Gasteiger partial charge in [0.05, 0.1) is 12.9 Å². The third kappa shape index (κ3) is 12.0. The smallest absolute Gasteiger partial charge is 0.344 e. The minimum absolute atomic E-state index is 0.195. The van der Waals surface area contributed by atoms with E-state index in [0.29, 0.717) is 11.5 Å². The van der Waals surface area contributed by atoms with Gasteiger partial charge in [-0.05, 0) is 87.2 Å². The molecule has 0 aliphatic heterocycles. The molecule has 0 saturated heterocycles. The minimum Gasteiger partial charge on any atom is -0.497 e. The zero-order valence-electron chi connectivity index (χ0n) is 22.7. The monoisotopic (exact) mass is 505 g/mol. The zero-order chi connectivity index (χ0) is 27.6. The molecule has 0 radical (unpaired) electrons. The van der Waals surface area contributed by atoms with E-state index in [1.54, 1.807) is 31.4 Å². The number of ether oxygens (including phenoxy) is 3. The number of methoxy groups -OCH3 is 1. The van der Waals surface area contributed by atoms with Gasteiger partial charge in [-0.2, -0.15) is 0 Å². The fourth-order valence-electron chi connectivity index (χ4n) is 2.94. The van der Waals surface area contributed by atoms with Crippen molar-refractivity contribution in [1.82, 2.24) is 0 Å². The quantitative estimate of drug-likeness (QED) is 0.181. The number of aryl methyl sites for hydroxylation is 2. The Morgan fingerprint density at radius 2 is 1.41 bits per heavy atom. The highest BCUT2D eigenvalue weighted by molar-refractivity contribution is 5.92. The Hall–Kier alpha value is -4.06. The van der Waals surface area contributed by atoms with Crippen molar-refractivity contribution in [1.29, 1.82) is 5.41 Å². The lowest BCUT2D eigenvalue weighted by atomic mass is 10.0. The summed E-state index contributed by atoms with van der Waals surface area (Å²) < 4.78 is 15.5. The average Bonchev–Trinajstić information content (AvgIpc) is 2.94. The third-order valence-corrected chi connectivity index (χ3v) is 5.15. The van der Waals surface area contributed by atoms with E-state index in [1.807, 2.05) is 52.0 Å². The van der Waals surface area contributed by atoms with Crippen molar-refractivity contribution in [2.45, 2.75) is 53.6 Å². The lowest BCUT2D eigenvalue weighted by molar-refractivity contribution is -0.144. The van der Waals surface area contributed by atoms with Crippen LogP contribution in [0, 0.1) is 5.41 Å². The van der Waals surface area contributed by atoms with Crippen LogP contribution in [0.1, 0.15) is 51.3 Å². The summed E-state index contributed by atoms with van der Waals surface area (Å²) in [5.41, 5.74) is 3.43. The normalized spacial score (nSPS) is 11.0. The van der Waals surface area contributed by atoms with E-state index in [2.05, 4.69) is 36.4 Å². The summed E-state index contributed by atoms with van der Waals surface area (Å²) in [5.74, 6) is 1.18. The molecule has 6 nitrogen and oxygen atoms in total. The molecule has 3 aromatic carbocycles. The van der Waals surface area contributed by atoms with E-state index in [0.717, 1.165) is 24.2 Å². The van der Waals surface area contributed by atoms with Gasteiger partial charge in [0.2, 0.25) is 5.90 Å². The third-order valence-electron chi connectivity index (χ3n) is 5.15. The van der Waals surface area contributed by atoms with E-state index in [9.17, 15) is 4.79 Å². The van der Waals surface area contributed by atoms with Gasteiger partial charge in [-0.25, -0.2) is 4.79 Å². The number of carboxylic acid groups (broad SMARTS) is 1. The Morgan fingerprint density at radius 1 is 0.892 bits per heavy atom. The molecule has 3 aromatic rings. The van der Waals surface area contributed by atoms with Crippen LogP contribution in [-0.2, 0) is 22.4 Å². The number of aliphatic carboxylic acids is 1. The number of nitrogens with one attached hydrogen (secondary N) is 1. The van der Waals surface area contributed by atoms with E-state index in [4.69, 9.17) is 24.7 Å². The van der Waals surface area contributed by atoms with Gasteiger partial charge in [0.15, 0.2) is 6.10 Å². The summed E-state index contributed by atoms with van der Waals surface area (Å²) in [6, 6.07) is 25.3. The van der Waals surface area contributed by atoms with Crippen molar-refractivity contribution in [3.63, 3.8) is 0 Å². The van der Waals surface area contributed by atoms with Crippen molar-refractivity contribution < 1.29 is 24.1 Å². The first kappa shape index (κ1) is 31.0. The van der Waals surface area contributed by atoms with Crippen LogP contribution in [-0.4, -0.2) is 30.2 Å². The highest BCUT2D eigenvalue weighted by Gasteiger charge is 2.11.